The summed E-state index contributed by atoms with van der Waals surface area (Å²) >= 11 is 0. The van der Waals surface area contributed by atoms with E-state index in [2.05, 4.69) is 30.4 Å². The number of hydrogen-bond donors (Lipinski definition) is 2. The lowest BCUT2D eigenvalue weighted by Crippen LogP contribution is -2.28. The second-order valence-corrected chi connectivity index (χ2v) is 7.81. The molecule has 162 valence electrons. The summed E-state index contributed by atoms with van der Waals surface area (Å²) in [7, 11) is 0. The van der Waals surface area contributed by atoms with Crippen LogP contribution in [0.2, 0.25) is 0 Å². The average Bonchev–Trinajstić information content (AvgIpc) is 3.36. The molecule has 0 bridgehead atoms. The Balaban J connectivity index is 1.36. The van der Waals surface area contributed by atoms with Crippen LogP contribution < -0.4 is 5.32 Å². The van der Waals surface area contributed by atoms with E-state index in [1.54, 1.807) is 24.5 Å². The lowest BCUT2D eigenvalue weighted by atomic mass is 9.87. The average molecular weight is 433 g/mol. The largest absolute Gasteiger partial charge is 0.354 e. The molecule has 0 aliphatic heterocycles. The molecular formula is C20H19F4N7. The summed E-state index contributed by atoms with van der Waals surface area (Å²) < 4.78 is 54.1. The molecule has 0 spiro atoms. The van der Waals surface area contributed by atoms with Crippen LogP contribution in [-0.2, 0) is 0 Å². The van der Waals surface area contributed by atoms with E-state index in [0.717, 1.165) is 10.7 Å². The van der Waals surface area contributed by atoms with Crippen LogP contribution in [0.25, 0.3) is 27.9 Å². The van der Waals surface area contributed by atoms with Crippen LogP contribution in [-0.4, -0.2) is 42.0 Å². The lowest BCUT2D eigenvalue weighted by molar-refractivity contribution is -0.0443. The summed E-state index contributed by atoms with van der Waals surface area (Å²) in [5.41, 5.74) is 1.77. The van der Waals surface area contributed by atoms with E-state index in [4.69, 9.17) is 0 Å². The molecule has 31 heavy (non-hydrogen) atoms. The van der Waals surface area contributed by atoms with Gasteiger partial charge >= 0.3 is 0 Å². The number of H-pyrrole nitrogens is 1. The molecule has 11 heteroatoms. The minimum atomic E-state index is -2.69. The molecule has 7 nitrogen and oxygen atoms in total. The van der Waals surface area contributed by atoms with Gasteiger partial charge in [0.15, 0.2) is 5.65 Å². The Bertz CT molecular complexity index is 1220. The fourth-order valence-electron chi connectivity index (χ4n) is 3.93. The molecule has 0 saturated heterocycles. The van der Waals surface area contributed by atoms with Gasteiger partial charge in [-0.25, -0.2) is 32.0 Å². The van der Waals surface area contributed by atoms with Crippen molar-refractivity contribution in [2.75, 3.05) is 11.9 Å². The zero-order valence-electron chi connectivity index (χ0n) is 16.3. The predicted molar refractivity (Wildman–Crippen MR) is 106 cm³/mol. The molecule has 0 amide bonds. The van der Waals surface area contributed by atoms with Crippen molar-refractivity contribution in [3.63, 3.8) is 0 Å². The highest BCUT2D eigenvalue weighted by atomic mass is 19.3. The van der Waals surface area contributed by atoms with Gasteiger partial charge in [-0.1, -0.05) is 0 Å². The van der Waals surface area contributed by atoms with Gasteiger partial charge < -0.3 is 10.3 Å². The number of alkyl halides is 4. The van der Waals surface area contributed by atoms with Crippen LogP contribution in [0, 0.1) is 5.92 Å². The van der Waals surface area contributed by atoms with Crippen molar-refractivity contribution in [2.45, 2.75) is 38.0 Å². The van der Waals surface area contributed by atoms with Crippen LogP contribution in [0.1, 0.15) is 37.8 Å². The molecule has 0 radical (unpaired) electrons. The van der Waals surface area contributed by atoms with Gasteiger partial charge in [0.1, 0.15) is 11.3 Å². The molecule has 1 fully saturated rings. The molecule has 0 atom stereocenters. The number of nitrogens with one attached hydrogen (secondary N) is 2. The maximum absolute atomic E-state index is 13.3. The van der Waals surface area contributed by atoms with E-state index in [0.29, 0.717) is 53.3 Å². The van der Waals surface area contributed by atoms with Gasteiger partial charge in [0.2, 0.25) is 11.9 Å². The fraction of sp³-hybridized carbons (Fsp3) is 0.400. The first-order chi connectivity index (χ1) is 14.9. The van der Waals surface area contributed by atoms with Crippen LogP contribution in [0.5, 0.6) is 0 Å². The summed E-state index contributed by atoms with van der Waals surface area (Å²) in [5, 5.41) is 8.12. The van der Waals surface area contributed by atoms with Gasteiger partial charge in [-0.15, -0.1) is 0 Å². The first kappa shape index (κ1) is 19.7. The van der Waals surface area contributed by atoms with Crippen LogP contribution >= 0.6 is 0 Å². The monoisotopic (exact) mass is 433 g/mol. The fourth-order valence-corrected chi connectivity index (χ4v) is 3.93. The van der Waals surface area contributed by atoms with Gasteiger partial charge in [-0.2, -0.15) is 10.1 Å². The molecule has 5 rings (SSSR count). The first-order valence-electron chi connectivity index (χ1n) is 9.99. The summed E-state index contributed by atoms with van der Waals surface area (Å²) in [4.78, 5) is 15.8. The number of anilines is 1. The van der Waals surface area contributed by atoms with Crippen LogP contribution in [0.4, 0.5) is 23.5 Å². The molecule has 1 aliphatic rings. The Hall–Kier alpha value is -3.24. The summed E-state index contributed by atoms with van der Waals surface area (Å²) in [6.45, 7) is 0.532. The summed E-state index contributed by atoms with van der Waals surface area (Å²) in [6, 6.07) is 3.32. The first-order valence-corrected chi connectivity index (χ1v) is 9.99. The minimum Gasteiger partial charge on any atom is -0.354 e. The van der Waals surface area contributed by atoms with Crippen molar-refractivity contribution < 1.29 is 17.6 Å². The maximum Gasteiger partial charge on any atom is 0.282 e. The topological polar surface area (TPSA) is 83.8 Å². The van der Waals surface area contributed by atoms with Crippen molar-refractivity contribution in [3.8, 4) is 11.3 Å². The Morgan fingerprint density at radius 3 is 2.74 bits per heavy atom. The zero-order valence-corrected chi connectivity index (χ0v) is 16.3. The number of aromatic nitrogens is 6. The Labute approximate surface area is 173 Å². The lowest BCUT2D eigenvalue weighted by Gasteiger charge is -2.28. The number of imidazole rings is 1. The van der Waals surface area contributed by atoms with Gasteiger partial charge in [0.25, 0.3) is 6.43 Å². The molecule has 2 N–H and O–H groups in total. The smallest absolute Gasteiger partial charge is 0.282 e. The van der Waals surface area contributed by atoms with E-state index in [9.17, 15) is 17.6 Å². The zero-order chi connectivity index (χ0) is 21.6. The molecule has 1 aliphatic carbocycles. The van der Waals surface area contributed by atoms with Crippen molar-refractivity contribution in [2.24, 2.45) is 5.92 Å². The number of rotatable bonds is 5. The number of nitrogens with zero attached hydrogens (tertiary/aromatic N) is 5. The molecule has 4 heterocycles. The van der Waals surface area contributed by atoms with Crippen molar-refractivity contribution in [1.82, 2.24) is 29.5 Å². The van der Waals surface area contributed by atoms with Gasteiger partial charge in [0.05, 0.1) is 11.9 Å². The second-order valence-electron chi connectivity index (χ2n) is 7.81. The van der Waals surface area contributed by atoms with Gasteiger partial charge in [0, 0.05) is 42.7 Å². The Kier molecular flexibility index (Phi) is 4.75. The van der Waals surface area contributed by atoms with E-state index in [1.807, 2.05) is 0 Å². The maximum atomic E-state index is 13.3. The third-order valence-corrected chi connectivity index (χ3v) is 5.71. The third kappa shape index (κ3) is 3.79. The standard InChI is InChI=1S/C20H19F4N7/c21-17(22)15-10-25-16-2-1-14(30-31(15)16)12-8-26-18-13(12)9-28-19(29-18)27-7-11-3-5-20(23,24)6-4-11/h1-2,8-11,17H,3-7H2,(H2,26,27,28,29). The molecule has 0 unspecified atom stereocenters. The molecule has 4 aromatic rings. The molecular weight excluding hydrogens is 414 g/mol. The third-order valence-electron chi connectivity index (χ3n) is 5.71. The normalized spacial score (nSPS) is 17.1. The highest BCUT2D eigenvalue weighted by Gasteiger charge is 2.34. The van der Waals surface area contributed by atoms with E-state index < -0.39 is 12.3 Å². The summed E-state index contributed by atoms with van der Waals surface area (Å²) in [6.07, 6.45) is 2.52. The van der Waals surface area contributed by atoms with Crippen molar-refractivity contribution in [3.05, 3.63) is 36.4 Å². The Morgan fingerprint density at radius 1 is 1.16 bits per heavy atom. The van der Waals surface area contributed by atoms with Crippen LogP contribution in [0.3, 0.4) is 0 Å². The SMILES string of the molecule is FC(F)c1cnc2ccc(-c3c[nH]c4nc(NCC5CCC(F)(F)CC5)ncc34)nn12. The number of fused-ring (bicyclic) bond motifs is 2. The molecule has 4 aromatic heterocycles. The van der Waals surface area contributed by atoms with E-state index in [-0.39, 0.29) is 24.5 Å². The van der Waals surface area contributed by atoms with Crippen molar-refractivity contribution >= 4 is 22.6 Å². The quantitative estimate of drug-likeness (QED) is 0.440. The van der Waals surface area contributed by atoms with Gasteiger partial charge in [-0.3, -0.25) is 0 Å². The second kappa shape index (κ2) is 7.47. The highest BCUT2D eigenvalue weighted by molar-refractivity contribution is 5.92. The van der Waals surface area contributed by atoms with Crippen LogP contribution in [0.15, 0.2) is 30.7 Å². The highest BCUT2D eigenvalue weighted by Crippen LogP contribution is 2.36. The van der Waals surface area contributed by atoms with Gasteiger partial charge in [-0.05, 0) is 30.9 Å². The summed E-state index contributed by atoms with van der Waals surface area (Å²) in [5.74, 6) is -1.99. The number of hydrogen-bond acceptors (Lipinski definition) is 5. The predicted octanol–water partition coefficient (Wildman–Crippen LogP) is 4.84. The molecule has 1 saturated carbocycles. The van der Waals surface area contributed by atoms with E-state index >= 15 is 0 Å². The van der Waals surface area contributed by atoms with Crippen molar-refractivity contribution in [1.29, 1.82) is 0 Å². The number of halogens is 4. The number of aromatic amines is 1. The van der Waals surface area contributed by atoms with E-state index in [1.165, 1.54) is 0 Å². The Morgan fingerprint density at radius 2 is 1.97 bits per heavy atom. The minimum absolute atomic E-state index is 0.0826. The molecule has 0 aromatic carbocycles.